The van der Waals surface area contributed by atoms with Crippen LogP contribution in [0.3, 0.4) is 0 Å². The molecule has 4 atom stereocenters. The second-order valence-electron chi connectivity index (χ2n) is 6.26. The number of anilines is 1. The summed E-state index contributed by atoms with van der Waals surface area (Å²) in [6.45, 7) is 0.859. The van der Waals surface area contributed by atoms with E-state index in [1.165, 1.54) is 25.2 Å². The van der Waals surface area contributed by atoms with Gasteiger partial charge in [0.15, 0.2) is 18.0 Å². The lowest BCUT2D eigenvalue weighted by molar-refractivity contribution is -0.155. The maximum Gasteiger partial charge on any atom is 0.409 e. The van der Waals surface area contributed by atoms with E-state index in [1.54, 1.807) is 0 Å². The van der Waals surface area contributed by atoms with Gasteiger partial charge in [-0.25, -0.2) is 9.78 Å². The maximum absolute atomic E-state index is 12.5. The average molecular weight is 413 g/mol. The number of nitrogen functional groups attached to an aromatic ring is 1. The Morgan fingerprint density at radius 1 is 1.46 bits per heavy atom. The molecule has 152 valence electrons. The predicted molar refractivity (Wildman–Crippen MR) is 96.6 cm³/mol. The Hall–Kier alpha value is -2.77. The number of nitrogens with zero attached hydrogens (tertiary/aromatic N) is 4. The van der Waals surface area contributed by atoms with E-state index < -0.39 is 41.5 Å². The molecule has 2 aromatic heterocycles. The van der Waals surface area contributed by atoms with Crippen LogP contribution in [0, 0.1) is 0 Å². The van der Waals surface area contributed by atoms with Crippen molar-refractivity contribution in [1.82, 2.24) is 19.4 Å². The van der Waals surface area contributed by atoms with Crippen LogP contribution >= 0.6 is 11.3 Å². The van der Waals surface area contributed by atoms with E-state index in [2.05, 4.69) is 9.97 Å². The summed E-state index contributed by atoms with van der Waals surface area (Å²) in [6, 6.07) is 0. The third-order valence-electron chi connectivity index (χ3n) is 3.98. The van der Waals surface area contributed by atoms with E-state index in [-0.39, 0.29) is 18.2 Å². The number of aromatic nitrogens is 3. The first-order chi connectivity index (χ1) is 13.2. The molecule has 3 heterocycles. The highest BCUT2D eigenvalue weighted by Crippen LogP contribution is 2.34. The molecule has 28 heavy (non-hydrogen) atoms. The molecule has 13 heteroatoms. The zero-order valence-corrected chi connectivity index (χ0v) is 16.1. The number of rotatable bonds is 4. The fourth-order valence-electron chi connectivity index (χ4n) is 2.74. The molecule has 0 bridgehead atoms. The van der Waals surface area contributed by atoms with Gasteiger partial charge in [0.25, 0.3) is 0 Å². The maximum atomic E-state index is 12.5. The highest BCUT2D eigenvalue weighted by atomic mass is 32.1. The summed E-state index contributed by atoms with van der Waals surface area (Å²) >= 11 is 0.853. The summed E-state index contributed by atoms with van der Waals surface area (Å²) in [4.78, 5) is 44.3. The van der Waals surface area contributed by atoms with Crippen LogP contribution in [0.15, 0.2) is 11.0 Å². The molecule has 1 aliphatic rings. The number of aliphatic hydroxyl groups is 1. The molecule has 12 nitrogen and oxygen atoms in total. The zero-order chi connectivity index (χ0) is 20.6. The Bertz CT molecular complexity index is 958. The third kappa shape index (κ3) is 3.76. The van der Waals surface area contributed by atoms with Gasteiger partial charge in [-0.15, -0.1) is 0 Å². The van der Waals surface area contributed by atoms with Gasteiger partial charge in [-0.3, -0.25) is 14.2 Å². The molecule has 0 radical (unpaired) electrons. The number of thiazole rings is 1. The Balaban J connectivity index is 1.95. The van der Waals surface area contributed by atoms with Crippen molar-refractivity contribution in [3.63, 3.8) is 0 Å². The lowest BCUT2D eigenvalue weighted by Crippen LogP contribution is -2.38. The minimum Gasteiger partial charge on any atom is -0.455 e. The molecule has 1 aliphatic heterocycles. The summed E-state index contributed by atoms with van der Waals surface area (Å²) in [7, 11) is 3.00. The second kappa shape index (κ2) is 7.69. The van der Waals surface area contributed by atoms with Gasteiger partial charge in [-0.05, 0) is 0 Å². The molecule has 0 spiro atoms. The lowest BCUT2D eigenvalue weighted by Gasteiger charge is -2.20. The molecule has 3 rings (SSSR count). The Morgan fingerprint density at radius 2 is 2.18 bits per heavy atom. The fourth-order valence-corrected chi connectivity index (χ4v) is 3.56. The highest BCUT2D eigenvalue weighted by molar-refractivity contribution is 7.16. The van der Waals surface area contributed by atoms with Crippen LogP contribution in [0.4, 0.5) is 10.7 Å². The second-order valence-corrected chi connectivity index (χ2v) is 7.25. The summed E-state index contributed by atoms with van der Waals surface area (Å²) < 4.78 is 17.6. The van der Waals surface area contributed by atoms with Gasteiger partial charge in [0.2, 0.25) is 5.95 Å². The van der Waals surface area contributed by atoms with Crippen molar-refractivity contribution in [2.45, 2.75) is 31.5 Å². The molecule has 1 fully saturated rings. The van der Waals surface area contributed by atoms with Crippen LogP contribution in [0.5, 0.6) is 0 Å². The van der Waals surface area contributed by atoms with Crippen molar-refractivity contribution in [2.24, 2.45) is 0 Å². The number of esters is 1. The van der Waals surface area contributed by atoms with Gasteiger partial charge in [-0.2, -0.15) is 4.98 Å². The van der Waals surface area contributed by atoms with E-state index in [9.17, 15) is 19.5 Å². The van der Waals surface area contributed by atoms with Gasteiger partial charge in [0.05, 0.1) is 10.9 Å². The summed E-state index contributed by atoms with van der Waals surface area (Å²) in [5.41, 5.74) is 5.79. The molecular weight excluding hydrogens is 394 g/mol. The molecule has 3 N–H and O–H groups in total. The summed E-state index contributed by atoms with van der Waals surface area (Å²) in [6.07, 6.45) is -4.01. The largest absolute Gasteiger partial charge is 0.455 e. The van der Waals surface area contributed by atoms with Crippen LogP contribution in [-0.2, 0) is 19.0 Å². The van der Waals surface area contributed by atoms with Crippen LogP contribution in [0.2, 0.25) is 0 Å². The number of hydrogen-bond acceptors (Lipinski definition) is 11. The van der Waals surface area contributed by atoms with Crippen molar-refractivity contribution in [3.8, 4) is 0 Å². The minimum absolute atomic E-state index is 0.0573. The topological polar surface area (TPSA) is 159 Å². The third-order valence-corrected chi connectivity index (χ3v) is 4.86. The highest BCUT2D eigenvalue weighted by Gasteiger charge is 2.48. The monoisotopic (exact) mass is 413 g/mol. The van der Waals surface area contributed by atoms with E-state index in [0.717, 1.165) is 22.8 Å². The molecule has 1 amide bonds. The smallest absolute Gasteiger partial charge is 0.409 e. The molecule has 0 unspecified atom stereocenters. The molecule has 2 aromatic rings. The van der Waals surface area contributed by atoms with Crippen LogP contribution in [0.1, 0.15) is 13.2 Å². The Labute approximate surface area is 162 Å². The van der Waals surface area contributed by atoms with Gasteiger partial charge in [-0.1, -0.05) is 11.3 Å². The number of amides is 1. The van der Waals surface area contributed by atoms with Crippen LogP contribution in [0.25, 0.3) is 10.3 Å². The molecule has 0 aromatic carbocycles. The van der Waals surface area contributed by atoms with Crippen molar-refractivity contribution >= 4 is 39.7 Å². The number of carbonyl (C=O) groups excluding carboxylic acids is 2. The zero-order valence-electron chi connectivity index (χ0n) is 15.3. The first-order valence-corrected chi connectivity index (χ1v) is 8.99. The molecular formula is C15H19N5O7S. The van der Waals surface area contributed by atoms with E-state index >= 15 is 0 Å². The number of carbonyl (C=O) groups is 2. The SMILES string of the molecule is CC(=O)O[C@@H]1[C@H](O)[C@@H](COC(=O)N(C)C)O[C@H]1n1c(=O)sc2cnc(N)nc21. The first-order valence-electron chi connectivity index (χ1n) is 8.17. The van der Waals surface area contributed by atoms with Gasteiger partial charge >= 0.3 is 16.9 Å². The Kier molecular flexibility index (Phi) is 5.49. The van der Waals surface area contributed by atoms with Crippen molar-refractivity contribution in [1.29, 1.82) is 0 Å². The fraction of sp³-hybridized carbons (Fsp3) is 0.533. The van der Waals surface area contributed by atoms with Crippen molar-refractivity contribution in [3.05, 3.63) is 15.9 Å². The lowest BCUT2D eigenvalue weighted by atomic mass is 10.1. The van der Waals surface area contributed by atoms with Crippen LogP contribution < -0.4 is 10.6 Å². The minimum atomic E-state index is -1.34. The normalized spacial score (nSPS) is 24.3. The number of ether oxygens (including phenoxy) is 3. The van der Waals surface area contributed by atoms with Crippen LogP contribution in [-0.4, -0.2) is 75.6 Å². The Morgan fingerprint density at radius 3 is 2.82 bits per heavy atom. The summed E-state index contributed by atoms with van der Waals surface area (Å²) in [5, 5.41) is 10.6. The van der Waals surface area contributed by atoms with Crippen molar-refractivity contribution in [2.75, 3.05) is 26.4 Å². The van der Waals surface area contributed by atoms with E-state index in [1.807, 2.05) is 0 Å². The quantitative estimate of drug-likeness (QED) is 0.615. The summed E-state index contributed by atoms with van der Waals surface area (Å²) in [5.74, 6) is -0.733. The molecule has 0 aliphatic carbocycles. The van der Waals surface area contributed by atoms with E-state index in [0.29, 0.717) is 4.70 Å². The predicted octanol–water partition coefficient (Wildman–Crippen LogP) is -0.677. The molecule has 1 saturated heterocycles. The first kappa shape index (κ1) is 20.0. The number of aliphatic hydroxyl groups excluding tert-OH is 1. The van der Waals surface area contributed by atoms with Crippen molar-refractivity contribution < 1.29 is 28.9 Å². The van der Waals surface area contributed by atoms with Gasteiger partial charge in [0.1, 0.15) is 18.8 Å². The van der Waals surface area contributed by atoms with Gasteiger partial charge < -0.3 is 30.0 Å². The molecule has 0 saturated carbocycles. The number of nitrogens with two attached hydrogens (primary N) is 1. The van der Waals surface area contributed by atoms with E-state index in [4.69, 9.17) is 19.9 Å². The average Bonchev–Trinajstić information content (AvgIpc) is 3.08. The van der Waals surface area contributed by atoms with Gasteiger partial charge in [0, 0.05) is 21.0 Å². The number of fused-ring (bicyclic) bond motifs is 1. The standard InChI is InChI=1S/C15H19N5O7S/c1-6(21)26-10-9(22)7(5-25-14(23)19(2)3)27-12(10)20-11-8(28-15(20)24)4-17-13(16)18-11/h4,7,9-10,12,22H,5H2,1-3H3,(H2,16,17,18)/t7-,9-,10-,12-/m1/s1. The number of hydrogen-bond donors (Lipinski definition) is 2.